The Morgan fingerprint density at radius 1 is 1.29 bits per heavy atom. The van der Waals surface area contributed by atoms with Crippen LogP contribution < -0.4 is 0 Å². The molecule has 1 aromatic carbocycles. The van der Waals surface area contributed by atoms with E-state index in [4.69, 9.17) is 16.7 Å². The van der Waals surface area contributed by atoms with Crippen molar-refractivity contribution in [3.05, 3.63) is 29.3 Å². The van der Waals surface area contributed by atoms with Gasteiger partial charge in [0.05, 0.1) is 0 Å². The molecule has 0 heterocycles. The highest BCUT2D eigenvalue weighted by Gasteiger charge is 2.31. The standard InChI is InChI=1S/C12H10ClF3O4S/c1-5(17)9(13)8-4-6(21-12(14,15)16)2-3-7(8)10(18)11(19)20/h2-4,9-10,18H,1H3,(H,19,20). The van der Waals surface area contributed by atoms with Gasteiger partial charge in [-0.3, -0.25) is 4.79 Å². The summed E-state index contributed by atoms with van der Waals surface area (Å²) in [5, 5.41) is 17.0. The largest absolute Gasteiger partial charge is 0.479 e. The van der Waals surface area contributed by atoms with Crippen molar-refractivity contribution in [2.75, 3.05) is 0 Å². The van der Waals surface area contributed by atoms with Crippen LogP contribution in [0.15, 0.2) is 23.1 Å². The molecule has 0 spiro atoms. The Labute approximate surface area is 126 Å². The fourth-order valence-corrected chi connectivity index (χ4v) is 2.35. The first-order valence-corrected chi connectivity index (χ1v) is 6.73. The zero-order valence-corrected chi connectivity index (χ0v) is 12.1. The highest BCUT2D eigenvalue weighted by molar-refractivity contribution is 8.00. The molecular formula is C12H10ClF3O4S. The van der Waals surface area contributed by atoms with Crippen LogP contribution in [0.1, 0.15) is 29.5 Å². The molecule has 4 nitrogen and oxygen atoms in total. The number of hydrogen-bond donors (Lipinski definition) is 2. The Balaban J connectivity index is 3.33. The van der Waals surface area contributed by atoms with E-state index in [0.29, 0.717) is 0 Å². The fourth-order valence-electron chi connectivity index (χ4n) is 1.57. The summed E-state index contributed by atoms with van der Waals surface area (Å²) in [4.78, 5) is 21.8. The minimum Gasteiger partial charge on any atom is -0.479 e. The number of carbonyl (C=O) groups is 2. The van der Waals surface area contributed by atoms with Gasteiger partial charge >= 0.3 is 11.5 Å². The van der Waals surface area contributed by atoms with Gasteiger partial charge in [0, 0.05) is 4.90 Å². The normalized spacial score (nSPS) is 14.6. The van der Waals surface area contributed by atoms with E-state index in [9.17, 15) is 27.9 Å². The van der Waals surface area contributed by atoms with Crippen LogP contribution in [0.4, 0.5) is 13.2 Å². The third-order valence-corrected chi connectivity index (χ3v) is 3.71. The van der Waals surface area contributed by atoms with E-state index in [2.05, 4.69) is 0 Å². The molecular weight excluding hydrogens is 333 g/mol. The Morgan fingerprint density at radius 2 is 1.86 bits per heavy atom. The molecule has 0 aliphatic heterocycles. The summed E-state index contributed by atoms with van der Waals surface area (Å²) in [6.07, 6.45) is -1.98. The maximum absolute atomic E-state index is 12.3. The van der Waals surface area contributed by atoms with Gasteiger partial charge in [-0.15, -0.1) is 11.6 Å². The maximum atomic E-state index is 12.3. The maximum Gasteiger partial charge on any atom is 0.446 e. The van der Waals surface area contributed by atoms with E-state index in [1.165, 1.54) is 0 Å². The molecule has 0 bridgehead atoms. The van der Waals surface area contributed by atoms with Gasteiger partial charge in [0.2, 0.25) is 0 Å². The van der Waals surface area contributed by atoms with E-state index in [1.54, 1.807) is 0 Å². The van der Waals surface area contributed by atoms with Gasteiger partial charge in [-0.2, -0.15) is 13.2 Å². The highest BCUT2D eigenvalue weighted by atomic mass is 35.5. The summed E-state index contributed by atoms with van der Waals surface area (Å²) in [5.41, 5.74) is -4.92. The van der Waals surface area contributed by atoms with E-state index in [0.717, 1.165) is 25.1 Å². The van der Waals surface area contributed by atoms with Crippen molar-refractivity contribution in [3.8, 4) is 0 Å². The number of aliphatic carboxylic acids is 1. The molecule has 2 atom stereocenters. The predicted molar refractivity (Wildman–Crippen MR) is 70.2 cm³/mol. The second-order valence-electron chi connectivity index (χ2n) is 4.05. The first-order chi connectivity index (χ1) is 9.53. The van der Waals surface area contributed by atoms with Gasteiger partial charge in [-0.25, -0.2) is 4.79 Å². The number of carboxylic acids is 1. The number of Topliss-reactive ketones (excluding diaryl/α,β-unsaturated/α-hetero) is 1. The molecule has 0 aromatic heterocycles. The third-order valence-electron chi connectivity index (χ3n) is 2.45. The topological polar surface area (TPSA) is 74.6 Å². The van der Waals surface area contributed by atoms with E-state index in [1.807, 2.05) is 0 Å². The molecule has 0 aliphatic carbocycles. The second-order valence-corrected chi connectivity index (χ2v) is 5.63. The van der Waals surface area contributed by atoms with Crippen LogP contribution in [0.3, 0.4) is 0 Å². The number of aliphatic hydroxyl groups excluding tert-OH is 1. The average Bonchev–Trinajstić information content (AvgIpc) is 2.34. The van der Waals surface area contributed by atoms with Gasteiger partial charge in [-0.05, 0) is 41.9 Å². The molecule has 116 valence electrons. The fraction of sp³-hybridized carbons (Fsp3) is 0.333. The minimum atomic E-state index is -4.54. The summed E-state index contributed by atoms with van der Waals surface area (Å²) in [6.45, 7) is 1.11. The molecule has 2 N–H and O–H groups in total. The summed E-state index contributed by atoms with van der Waals surface area (Å²) in [7, 11) is 0. The number of rotatable bonds is 5. The number of halogens is 4. The third kappa shape index (κ3) is 4.90. The number of alkyl halides is 4. The summed E-state index contributed by atoms with van der Waals surface area (Å²) >= 11 is 5.37. The molecule has 9 heteroatoms. The zero-order valence-electron chi connectivity index (χ0n) is 10.5. The lowest BCUT2D eigenvalue weighted by molar-refractivity contribution is -0.147. The number of aliphatic hydroxyl groups is 1. The molecule has 0 fully saturated rings. The van der Waals surface area contributed by atoms with Crippen LogP contribution in [0.25, 0.3) is 0 Å². The monoisotopic (exact) mass is 342 g/mol. The molecule has 0 aliphatic rings. The molecule has 2 unspecified atom stereocenters. The van der Waals surface area contributed by atoms with Crippen molar-refractivity contribution in [1.29, 1.82) is 0 Å². The van der Waals surface area contributed by atoms with Crippen molar-refractivity contribution in [1.82, 2.24) is 0 Å². The molecule has 1 rings (SSSR count). The number of carbonyl (C=O) groups excluding carboxylic acids is 1. The lowest BCUT2D eigenvalue weighted by Gasteiger charge is -2.17. The van der Waals surface area contributed by atoms with Crippen LogP contribution in [-0.2, 0) is 9.59 Å². The van der Waals surface area contributed by atoms with Crippen LogP contribution in [0.5, 0.6) is 0 Å². The number of ketones is 1. The average molecular weight is 343 g/mol. The second kappa shape index (κ2) is 6.67. The number of hydrogen-bond acceptors (Lipinski definition) is 4. The number of carboxylic acid groups (broad SMARTS) is 1. The Morgan fingerprint density at radius 3 is 2.29 bits per heavy atom. The minimum absolute atomic E-state index is 0.159. The van der Waals surface area contributed by atoms with E-state index >= 15 is 0 Å². The van der Waals surface area contributed by atoms with Gasteiger partial charge in [-0.1, -0.05) is 6.07 Å². The molecule has 21 heavy (non-hydrogen) atoms. The Bertz CT molecular complexity index is 562. The Hall–Kier alpha value is -1.25. The molecule has 0 radical (unpaired) electrons. The molecule has 1 aromatic rings. The quantitative estimate of drug-likeness (QED) is 0.634. The van der Waals surface area contributed by atoms with Crippen LogP contribution in [0.2, 0.25) is 0 Å². The molecule has 0 saturated heterocycles. The molecule has 0 saturated carbocycles. The first kappa shape index (κ1) is 17.8. The van der Waals surface area contributed by atoms with Crippen molar-refractivity contribution in [2.45, 2.75) is 28.8 Å². The SMILES string of the molecule is CC(=O)C(Cl)c1cc(SC(F)(F)F)ccc1C(O)C(=O)O. The lowest BCUT2D eigenvalue weighted by Crippen LogP contribution is -2.15. The lowest BCUT2D eigenvalue weighted by atomic mass is 9.98. The Kier molecular flexibility index (Phi) is 5.66. The summed E-state index contributed by atoms with van der Waals surface area (Å²) in [5.74, 6) is -2.18. The first-order valence-electron chi connectivity index (χ1n) is 5.48. The summed E-state index contributed by atoms with van der Waals surface area (Å²) in [6, 6.07) is 2.98. The zero-order chi connectivity index (χ0) is 16.4. The van der Waals surface area contributed by atoms with E-state index < -0.39 is 40.5 Å². The van der Waals surface area contributed by atoms with Crippen molar-refractivity contribution in [2.24, 2.45) is 0 Å². The smallest absolute Gasteiger partial charge is 0.446 e. The van der Waals surface area contributed by atoms with Crippen molar-refractivity contribution in [3.63, 3.8) is 0 Å². The van der Waals surface area contributed by atoms with Gasteiger partial charge in [0.1, 0.15) is 5.38 Å². The van der Waals surface area contributed by atoms with Gasteiger partial charge in [0.15, 0.2) is 11.9 Å². The number of thioether (sulfide) groups is 1. The van der Waals surface area contributed by atoms with Crippen molar-refractivity contribution >= 4 is 35.1 Å². The van der Waals surface area contributed by atoms with Crippen LogP contribution in [0, 0.1) is 0 Å². The summed E-state index contributed by atoms with van der Waals surface area (Å²) < 4.78 is 37.0. The highest BCUT2D eigenvalue weighted by Crippen LogP contribution is 2.40. The number of benzene rings is 1. The van der Waals surface area contributed by atoms with E-state index in [-0.39, 0.29) is 16.0 Å². The van der Waals surface area contributed by atoms with Gasteiger partial charge < -0.3 is 10.2 Å². The van der Waals surface area contributed by atoms with Crippen molar-refractivity contribution < 1.29 is 33.0 Å². The van der Waals surface area contributed by atoms with Crippen LogP contribution >= 0.6 is 23.4 Å². The molecule has 0 amide bonds. The van der Waals surface area contributed by atoms with Crippen LogP contribution in [-0.4, -0.2) is 27.5 Å². The predicted octanol–water partition coefficient (Wildman–Crippen LogP) is 3.29. The van der Waals surface area contributed by atoms with Gasteiger partial charge in [0.25, 0.3) is 0 Å².